The third-order valence-electron chi connectivity index (χ3n) is 4.28. The van der Waals surface area contributed by atoms with Crippen LogP contribution < -0.4 is 9.47 Å². The molecule has 0 N–H and O–H groups in total. The third-order valence-corrected chi connectivity index (χ3v) is 4.28. The Balaban J connectivity index is 1.68. The van der Waals surface area contributed by atoms with Crippen molar-refractivity contribution in [1.29, 1.82) is 0 Å². The van der Waals surface area contributed by atoms with Gasteiger partial charge in [0, 0.05) is 17.7 Å². The van der Waals surface area contributed by atoms with Crippen LogP contribution in [0.1, 0.15) is 23.2 Å². The van der Waals surface area contributed by atoms with Gasteiger partial charge >= 0.3 is 0 Å². The monoisotopic (exact) mass is 393 g/mol. The zero-order chi connectivity index (χ0) is 20.6. The number of methoxy groups -OCH3 is 1. The van der Waals surface area contributed by atoms with E-state index < -0.39 is 0 Å². The van der Waals surface area contributed by atoms with Gasteiger partial charge in [-0.25, -0.2) is 0 Å². The minimum atomic E-state index is -0.119. The second-order valence-electron chi connectivity index (χ2n) is 6.18. The van der Waals surface area contributed by atoms with Crippen molar-refractivity contribution in [3.05, 3.63) is 72.6 Å². The van der Waals surface area contributed by atoms with Gasteiger partial charge in [0.2, 0.25) is 11.7 Å². The van der Waals surface area contributed by atoms with Crippen molar-refractivity contribution < 1.29 is 18.8 Å². The summed E-state index contributed by atoms with van der Waals surface area (Å²) in [7, 11) is 1.61. The van der Waals surface area contributed by atoms with E-state index >= 15 is 0 Å². The Labute approximate surface area is 169 Å². The van der Waals surface area contributed by atoms with Gasteiger partial charge in [-0.2, -0.15) is 4.98 Å². The van der Waals surface area contributed by atoms with Crippen molar-refractivity contribution in [1.82, 2.24) is 15.0 Å². The predicted molar refractivity (Wildman–Crippen MR) is 109 cm³/mol. The maximum atomic E-state index is 12.8. The lowest BCUT2D eigenvalue weighted by Gasteiger charge is -2.19. The lowest BCUT2D eigenvalue weighted by molar-refractivity contribution is 0.0734. The molecule has 0 fully saturated rings. The standard InChI is InChI=1S/C22H23N3O4/c1-4-14-28-19-12-8-17(9-13-19)22(26)25(5-2)15-20-23-21(24-29-20)16-6-10-18(27-3)11-7-16/h4,6-13H,1,5,14-15H2,2-3H3. The van der Waals surface area contributed by atoms with Crippen molar-refractivity contribution in [2.75, 3.05) is 20.3 Å². The van der Waals surface area contributed by atoms with Crippen molar-refractivity contribution in [3.63, 3.8) is 0 Å². The number of hydrogen-bond acceptors (Lipinski definition) is 6. The van der Waals surface area contributed by atoms with Crippen LogP contribution in [-0.4, -0.2) is 41.2 Å². The normalized spacial score (nSPS) is 10.4. The molecule has 1 aromatic heterocycles. The first kappa shape index (κ1) is 20.1. The van der Waals surface area contributed by atoms with E-state index in [0.717, 1.165) is 11.3 Å². The number of rotatable bonds is 9. The molecule has 0 unspecified atom stereocenters. The molecule has 0 aliphatic carbocycles. The third kappa shape index (κ3) is 5.01. The van der Waals surface area contributed by atoms with Gasteiger partial charge in [-0.1, -0.05) is 17.8 Å². The number of ether oxygens (including phenoxy) is 2. The molecule has 29 heavy (non-hydrogen) atoms. The average molecular weight is 393 g/mol. The first-order valence-corrected chi connectivity index (χ1v) is 9.24. The molecule has 0 radical (unpaired) electrons. The molecule has 0 saturated heterocycles. The maximum Gasteiger partial charge on any atom is 0.254 e. The number of carbonyl (C=O) groups excluding carboxylic acids is 1. The molecule has 150 valence electrons. The van der Waals surface area contributed by atoms with Crippen LogP contribution in [0.25, 0.3) is 11.4 Å². The van der Waals surface area contributed by atoms with E-state index in [1.165, 1.54) is 0 Å². The number of benzene rings is 2. The van der Waals surface area contributed by atoms with Gasteiger partial charge in [0.05, 0.1) is 7.11 Å². The number of nitrogens with zero attached hydrogens (tertiary/aromatic N) is 3. The summed E-state index contributed by atoms with van der Waals surface area (Å²) < 4.78 is 15.9. The Morgan fingerprint density at radius 3 is 2.45 bits per heavy atom. The molecular formula is C22H23N3O4. The molecule has 7 heteroatoms. The molecule has 0 bridgehead atoms. The highest BCUT2D eigenvalue weighted by Crippen LogP contribution is 2.20. The topological polar surface area (TPSA) is 77.7 Å². The molecule has 7 nitrogen and oxygen atoms in total. The minimum Gasteiger partial charge on any atom is -0.497 e. The maximum absolute atomic E-state index is 12.8. The average Bonchev–Trinajstić information content (AvgIpc) is 3.24. The van der Waals surface area contributed by atoms with Crippen LogP contribution >= 0.6 is 0 Å². The summed E-state index contributed by atoms with van der Waals surface area (Å²) in [6.07, 6.45) is 1.67. The molecule has 3 rings (SSSR count). The number of aromatic nitrogens is 2. The molecule has 0 spiro atoms. The Morgan fingerprint density at radius 1 is 1.14 bits per heavy atom. The fraction of sp³-hybridized carbons (Fsp3) is 0.227. The minimum absolute atomic E-state index is 0.119. The molecule has 0 aliphatic rings. The fourth-order valence-electron chi connectivity index (χ4n) is 2.70. The van der Waals surface area contributed by atoms with Gasteiger partial charge < -0.3 is 18.9 Å². The molecular weight excluding hydrogens is 370 g/mol. The number of carbonyl (C=O) groups is 1. The zero-order valence-electron chi connectivity index (χ0n) is 16.5. The van der Waals surface area contributed by atoms with Crippen LogP contribution in [0.2, 0.25) is 0 Å². The summed E-state index contributed by atoms with van der Waals surface area (Å²) in [4.78, 5) is 18.9. The Kier molecular flexibility index (Phi) is 6.63. The van der Waals surface area contributed by atoms with Crippen LogP contribution in [0, 0.1) is 0 Å². The van der Waals surface area contributed by atoms with E-state index in [2.05, 4.69) is 16.7 Å². The summed E-state index contributed by atoms with van der Waals surface area (Å²) in [5.74, 6) is 2.16. The summed E-state index contributed by atoms with van der Waals surface area (Å²) in [5, 5.41) is 4.01. The Morgan fingerprint density at radius 2 is 1.83 bits per heavy atom. The van der Waals surface area contributed by atoms with Crippen LogP contribution in [0.15, 0.2) is 65.7 Å². The molecule has 1 amide bonds. The van der Waals surface area contributed by atoms with Gasteiger partial charge in [-0.05, 0) is 55.5 Å². The summed E-state index contributed by atoms with van der Waals surface area (Å²) in [6, 6.07) is 14.4. The highest BCUT2D eigenvalue weighted by molar-refractivity contribution is 5.94. The largest absolute Gasteiger partial charge is 0.497 e. The smallest absolute Gasteiger partial charge is 0.254 e. The number of hydrogen-bond donors (Lipinski definition) is 0. The lowest BCUT2D eigenvalue weighted by Crippen LogP contribution is -2.30. The van der Waals surface area contributed by atoms with Crippen molar-refractivity contribution in [3.8, 4) is 22.9 Å². The van der Waals surface area contributed by atoms with Crippen molar-refractivity contribution >= 4 is 5.91 Å². The van der Waals surface area contributed by atoms with Gasteiger partial charge in [0.1, 0.15) is 24.7 Å². The quantitative estimate of drug-likeness (QED) is 0.512. The molecule has 1 heterocycles. The molecule has 0 saturated carbocycles. The van der Waals surface area contributed by atoms with Gasteiger partial charge in [-0.15, -0.1) is 0 Å². The van der Waals surface area contributed by atoms with Crippen molar-refractivity contribution in [2.45, 2.75) is 13.5 Å². The first-order chi connectivity index (χ1) is 14.1. The first-order valence-electron chi connectivity index (χ1n) is 9.24. The molecule has 0 atom stereocenters. The van der Waals surface area contributed by atoms with E-state index in [1.54, 1.807) is 42.4 Å². The van der Waals surface area contributed by atoms with E-state index in [4.69, 9.17) is 14.0 Å². The highest BCUT2D eigenvalue weighted by atomic mass is 16.5. The van der Waals surface area contributed by atoms with Crippen LogP contribution in [0.5, 0.6) is 11.5 Å². The molecule has 2 aromatic carbocycles. The second kappa shape index (κ2) is 9.54. The zero-order valence-corrected chi connectivity index (χ0v) is 16.5. The summed E-state index contributed by atoms with van der Waals surface area (Å²) >= 11 is 0. The van der Waals surface area contributed by atoms with Gasteiger partial charge in [0.25, 0.3) is 5.91 Å². The van der Waals surface area contributed by atoms with Crippen LogP contribution in [0.4, 0.5) is 0 Å². The Hall–Kier alpha value is -3.61. The van der Waals surface area contributed by atoms with Crippen LogP contribution in [-0.2, 0) is 6.54 Å². The number of amides is 1. The van der Waals surface area contributed by atoms with Gasteiger partial charge in [-0.3, -0.25) is 4.79 Å². The highest BCUT2D eigenvalue weighted by Gasteiger charge is 2.18. The lowest BCUT2D eigenvalue weighted by atomic mass is 10.2. The summed E-state index contributed by atoms with van der Waals surface area (Å²) in [5.41, 5.74) is 1.37. The second-order valence-corrected chi connectivity index (χ2v) is 6.18. The van der Waals surface area contributed by atoms with Crippen molar-refractivity contribution in [2.24, 2.45) is 0 Å². The Bertz CT molecular complexity index is 949. The summed E-state index contributed by atoms with van der Waals surface area (Å²) in [6.45, 7) is 6.67. The fourth-order valence-corrected chi connectivity index (χ4v) is 2.70. The SMILES string of the molecule is C=CCOc1ccc(C(=O)N(CC)Cc2nc(-c3ccc(OC)cc3)no2)cc1. The van der Waals surface area contributed by atoms with E-state index in [1.807, 2.05) is 31.2 Å². The molecule has 0 aliphatic heterocycles. The molecule has 3 aromatic rings. The van der Waals surface area contributed by atoms with Crippen LogP contribution in [0.3, 0.4) is 0 Å². The van der Waals surface area contributed by atoms with E-state index in [0.29, 0.717) is 36.2 Å². The van der Waals surface area contributed by atoms with E-state index in [-0.39, 0.29) is 12.5 Å². The van der Waals surface area contributed by atoms with E-state index in [9.17, 15) is 4.79 Å². The van der Waals surface area contributed by atoms with Gasteiger partial charge in [0.15, 0.2) is 0 Å². The predicted octanol–water partition coefficient (Wildman–Crippen LogP) is 3.97.